The molecule has 0 fully saturated rings. The molecule has 0 aromatic heterocycles. The molecule has 0 spiro atoms. The Labute approximate surface area is 134 Å². The molecule has 0 saturated heterocycles. The number of nitrogens with one attached hydrogen (secondary N) is 1. The van der Waals surface area contributed by atoms with Crippen molar-refractivity contribution >= 4 is 23.3 Å². The van der Waals surface area contributed by atoms with E-state index in [4.69, 9.17) is 0 Å². The minimum atomic E-state index is -1.14. The van der Waals surface area contributed by atoms with Crippen LogP contribution in [0, 0.1) is 21.7 Å². The van der Waals surface area contributed by atoms with Gasteiger partial charge in [-0.05, 0) is 18.2 Å². The highest BCUT2D eigenvalue weighted by molar-refractivity contribution is 5.95. The van der Waals surface area contributed by atoms with Crippen LogP contribution in [0.2, 0.25) is 0 Å². The van der Waals surface area contributed by atoms with Gasteiger partial charge in [0.25, 0.3) is 11.6 Å². The number of halogens is 2. The van der Waals surface area contributed by atoms with Crippen molar-refractivity contribution < 1.29 is 28.0 Å². The Bertz CT molecular complexity index is 810. The third kappa shape index (κ3) is 4.32. The van der Waals surface area contributed by atoms with Crippen LogP contribution in [-0.2, 0) is 9.53 Å². The van der Waals surface area contributed by atoms with E-state index in [2.05, 4.69) is 10.1 Å². The summed E-state index contributed by atoms with van der Waals surface area (Å²) in [5, 5.41) is 12.9. The Morgan fingerprint density at radius 3 is 2.58 bits per heavy atom. The molecule has 0 radical (unpaired) electrons. The maximum absolute atomic E-state index is 13.4. The van der Waals surface area contributed by atoms with Gasteiger partial charge in [-0.3, -0.25) is 14.9 Å². The summed E-state index contributed by atoms with van der Waals surface area (Å²) in [6.45, 7) is -0.738. The van der Waals surface area contributed by atoms with E-state index < -0.39 is 40.6 Å². The van der Waals surface area contributed by atoms with E-state index in [1.165, 1.54) is 18.2 Å². The average molecular weight is 336 g/mol. The smallest absolute Gasteiger partial charge is 0.341 e. The zero-order valence-electron chi connectivity index (χ0n) is 12.0. The predicted octanol–water partition coefficient (Wildman–Crippen LogP) is 2.67. The molecule has 0 aliphatic heterocycles. The van der Waals surface area contributed by atoms with Gasteiger partial charge in [0.05, 0.1) is 10.5 Å². The minimum Gasteiger partial charge on any atom is -0.452 e. The Hall–Kier alpha value is -3.36. The molecule has 1 N–H and O–H groups in total. The highest BCUT2D eigenvalue weighted by atomic mass is 19.1. The minimum absolute atomic E-state index is 0.137. The van der Waals surface area contributed by atoms with Gasteiger partial charge in [-0.2, -0.15) is 0 Å². The molecular formula is C15H10F2N2O5. The quantitative estimate of drug-likeness (QED) is 0.514. The van der Waals surface area contributed by atoms with E-state index in [-0.39, 0.29) is 11.4 Å². The van der Waals surface area contributed by atoms with E-state index in [0.29, 0.717) is 6.07 Å². The molecule has 124 valence electrons. The van der Waals surface area contributed by atoms with Crippen LogP contribution in [0.5, 0.6) is 0 Å². The summed E-state index contributed by atoms with van der Waals surface area (Å²) in [7, 11) is 0. The molecule has 0 heterocycles. The van der Waals surface area contributed by atoms with E-state index in [9.17, 15) is 28.5 Å². The zero-order valence-corrected chi connectivity index (χ0v) is 12.0. The molecule has 0 unspecified atom stereocenters. The van der Waals surface area contributed by atoms with Crippen molar-refractivity contribution in [3.8, 4) is 0 Å². The Balaban J connectivity index is 1.94. The van der Waals surface area contributed by atoms with Gasteiger partial charge in [-0.25, -0.2) is 13.6 Å². The SMILES string of the molecule is O=C(COC(=O)c1ccc(F)cc1F)Nc1cccc([N+](=O)[O-])c1. The third-order valence-electron chi connectivity index (χ3n) is 2.83. The lowest BCUT2D eigenvalue weighted by Crippen LogP contribution is -2.21. The lowest BCUT2D eigenvalue weighted by molar-refractivity contribution is -0.384. The van der Waals surface area contributed by atoms with E-state index >= 15 is 0 Å². The second-order valence-corrected chi connectivity index (χ2v) is 4.56. The summed E-state index contributed by atoms with van der Waals surface area (Å²) in [5.74, 6) is -3.88. The number of carbonyl (C=O) groups is 2. The predicted molar refractivity (Wildman–Crippen MR) is 78.4 cm³/mol. The van der Waals surface area contributed by atoms with Crippen LogP contribution in [-0.4, -0.2) is 23.4 Å². The van der Waals surface area contributed by atoms with Crippen LogP contribution in [0.1, 0.15) is 10.4 Å². The number of hydrogen-bond acceptors (Lipinski definition) is 5. The van der Waals surface area contributed by atoms with Crippen LogP contribution in [0.25, 0.3) is 0 Å². The van der Waals surface area contributed by atoms with Crippen molar-refractivity contribution in [1.29, 1.82) is 0 Å². The first kappa shape index (κ1) is 17.0. The summed E-state index contributed by atoms with van der Waals surface area (Å²) < 4.78 is 30.8. The van der Waals surface area contributed by atoms with Gasteiger partial charge < -0.3 is 10.1 Å². The van der Waals surface area contributed by atoms with Crippen molar-refractivity contribution in [3.05, 3.63) is 69.8 Å². The summed E-state index contributed by atoms with van der Waals surface area (Å²) in [6, 6.07) is 7.43. The molecular weight excluding hydrogens is 326 g/mol. The highest BCUT2D eigenvalue weighted by Gasteiger charge is 2.16. The van der Waals surface area contributed by atoms with Gasteiger partial charge in [0.2, 0.25) is 0 Å². The van der Waals surface area contributed by atoms with Crippen molar-refractivity contribution in [2.75, 3.05) is 11.9 Å². The van der Waals surface area contributed by atoms with Gasteiger partial charge in [0.15, 0.2) is 6.61 Å². The molecule has 0 bridgehead atoms. The second-order valence-electron chi connectivity index (χ2n) is 4.56. The molecule has 9 heteroatoms. The van der Waals surface area contributed by atoms with Crippen molar-refractivity contribution in [1.82, 2.24) is 0 Å². The number of anilines is 1. The largest absolute Gasteiger partial charge is 0.452 e. The molecule has 0 aliphatic rings. The Morgan fingerprint density at radius 2 is 1.92 bits per heavy atom. The molecule has 24 heavy (non-hydrogen) atoms. The molecule has 2 aromatic rings. The maximum atomic E-state index is 13.4. The van der Waals surface area contributed by atoms with Gasteiger partial charge in [0.1, 0.15) is 11.6 Å². The fourth-order valence-electron chi connectivity index (χ4n) is 1.76. The van der Waals surface area contributed by atoms with Gasteiger partial charge in [0, 0.05) is 23.9 Å². The number of carbonyl (C=O) groups excluding carboxylic acids is 2. The number of non-ortho nitro benzene ring substituents is 1. The Kier molecular flexibility index (Phi) is 5.15. The van der Waals surface area contributed by atoms with Crippen molar-refractivity contribution in [2.24, 2.45) is 0 Å². The topological polar surface area (TPSA) is 98.5 Å². The molecule has 2 aromatic carbocycles. The molecule has 2 rings (SSSR count). The number of rotatable bonds is 5. The molecule has 1 amide bonds. The first-order chi connectivity index (χ1) is 11.4. The van der Waals surface area contributed by atoms with Gasteiger partial charge in [-0.15, -0.1) is 0 Å². The number of nitro groups is 1. The Morgan fingerprint density at radius 1 is 1.17 bits per heavy atom. The zero-order chi connectivity index (χ0) is 17.7. The van der Waals surface area contributed by atoms with E-state index in [0.717, 1.165) is 18.2 Å². The monoisotopic (exact) mass is 336 g/mol. The lowest BCUT2D eigenvalue weighted by atomic mass is 10.2. The van der Waals surface area contributed by atoms with Crippen molar-refractivity contribution in [3.63, 3.8) is 0 Å². The summed E-state index contributed by atoms with van der Waals surface area (Å²) >= 11 is 0. The molecule has 0 aliphatic carbocycles. The number of benzene rings is 2. The third-order valence-corrected chi connectivity index (χ3v) is 2.83. The van der Waals surface area contributed by atoms with Crippen LogP contribution < -0.4 is 5.32 Å². The number of amides is 1. The normalized spacial score (nSPS) is 10.1. The fraction of sp³-hybridized carbons (Fsp3) is 0.0667. The van der Waals surface area contributed by atoms with Gasteiger partial charge in [-0.1, -0.05) is 6.07 Å². The van der Waals surface area contributed by atoms with Crippen LogP contribution in [0.3, 0.4) is 0 Å². The maximum Gasteiger partial charge on any atom is 0.341 e. The first-order valence-corrected chi connectivity index (χ1v) is 6.53. The fourth-order valence-corrected chi connectivity index (χ4v) is 1.76. The van der Waals surface area contributed by atoms with Gasteiger partial charge >= 0.3 is 5.97 Å². The number of hydrogen-bond donors (Lipinski definition) is 1. The van der Waals surface area contributed by atoms with E-state index in [1.807, 2.05) is 0 Å². The number of ether oxygens (including phenoxy) is 1. The number of esters is 1. The summed E-state index contributed by atoms with van der Waals surface area (Å²) in [5.41, 5.74) is -0.601. The van der Waals surface area contributed by atoms with Crippen LogP contribution in [0.15, 0.2) is 42.5 Å². The van der Waals surface area contributed by atoms with Crippen molar-refractivity contribution in [2.45, 2.75) is 0 Å². The standard InChI is InChI=1S/C15H10F2N2O5/c16-9-4-5-12(13(17)6-9)15(21)24-8-14(20)18-10-2-1-3-11(7-10)19(22)23/h1-7H,8H2,(H,18,20). The molecule has 7 nitrogen and oxygen atoms in total. The second kappa shape index (κ2) is 7.27. The van der Waals surface area contributed by atoms with E-state index in [1.54, 1.807) is 0 Å². The molecule has 0 saturated carbocycles. The molecule has 0 atom stereocenters. The van der Waals surface area contributed by atoms with Crippen LogP contribution >= 0.6 is 0 Å². The number of nitrogens with zero attached hydrogens (tertiary/aromatic N) is 1. The summed E-state index contributed by atoms with van der Waals surface area (Å²) in [6.07, 6.45) is 0. The summed E-state index contributed by atoms with van der Waals surface area (Å²) in [4.78, 5) is 33.3. The lowest BCUT2D eigenvalue weighted by Gasteiger charge is -2.07. The van der Waals surface area contributed by atoms with Crippen LogP contribution in [0.4, 0.5) is 20.2 Å². The average Bonchev–Trinajstić information content (AvgIpc) is 2.53. The first-order valence-electron chi connectivity index (χ1n) is 6.53. The highest BCUT2D eigenvalue weighted by Crippen LogP contribution is 2.17. The number of nitro benzene ring substituents is 1.